The maximum atomic E-state index is 12.7. The Balaban J connectivity index is 2.11. The number of methoxy groups -OCH3 is 1. The molecule has 2 heterocycles. The van der Waals surface area contributed by atoms with E-state index in [1.54, 1.807) is 29.8 Å². The van der Waals surface area contributed by atoms with E-state index >= 15 is 0 Å². The minimum Gasteiger partial charge on any atom is -0.465 e. The number of aromatic nitrogens is 2. The Labute approximate surface area is 165 Å². The van der Waals surface area contributed by atoms with E-state index in [1.807, 2.05) is 12.1 Å². The van der Waals surface area contributed by atoms with Gasteiger partial charge in [-0.25, -0.2) is 4.79 Å². The minimum atomic E-state index is -0.798. The van der Waals surface area contributed by atoms with Gasteiger partial charge in [-0.3, -0.25) is 19.9 Å². The number of nitro groups is 1. The lowest BCUT2D eigenvalue weighted by Crippen LogP contribution is -2.22. The highest BCUT2D eigenvalue weighted by Crippen LogP contribution is 2.32. The maximum Gasteiger partial charge on any atom is 0.340 e. The van der Waals surface area contributed by atoms with E-state index < -0.39 is 16.6 Å². The molecule has 0 bridgehead atoms. The summed E-state index contributed by atoms with van der Waals surface area (Å²) in [7, 11) is 1.16. The molecule has 0 aliphatic rings. The number of nitro benzene ring substituents is 1. The molecule has 0 unspecified atom stereocenters. The van der Waals surface area contributed by atoms with Crippen LogP contribution in [-0.4, -0.2) is 27.6 Å². The molecule has 2 aromatic heterocycles. The molecule has 3 aromatic rings. The fourth-order valence-corrected chi connectivity index (χ4v) is 2.99. The average Bonchev–Trinajstić information content (AvgIpc) is 2.70. The standard InChI is InChI=1S/C20H18N4O5/c1-12-7-13(10-18(25)23(12)11-15-5-3-4-6-22-15)14-8-16(20(26)29-2)19(21)17(9-14)24(27)28/h3-10H,11,21H2,1-2H3. The molecule has 9 nitrogen and oxygen atoms in total. The van der Waals surface area contributed by atoms with Crippen molar-refractivity contribution in [1.82, 2.24) is 9.55 Å². The zero-order valence-electron chi connectivity index (χ0n) is 15.8. The van der Waals surface area contributed by atoms with Gasteiger partial charge in [-0.05, 0) is 42.3 Å². The minimum absolute atomic E-state index is 0.132. The highest BCUT2D eigenvalue weighted by Gasteiger charge is 2.23. The van der Waals surface area contributed by atoms with Gasteiger partial charge in [-0.15, -0.1) is 0 Å². The zero-order chi connectivity index (χ0) is 21.1. The van der Waals surface area contributed by atoms with E-state index in [4.69, 9.17) is 5.73 Å². The highest BCUT2D eigenvalue weighted by molar-refractivity contribution is 5.99. The van der Waals surface area contributed by atoms with Crippen LogP contribution in [0.2, 0.25) is 0 Å². The third-order valence-corrected chi connectivity index (χ3v) is 4.47. The number of carbonyl (C=O) groups excluding carboxylic acids is 1. The molecule has 0 atom stereocenters. The molecule has 3 rings (SSSR count). The summed E-state index contributed by atoms with van der Waals surface area (Å²) in [6.45, 7) is 2.04. The molecule has 2 N–H and O–H groups in total. The summed E-state index contributed by atoms with van der Waals surface area (Å²) >= 11 is 0. The number of hydrogen-bond donors (Lipinski definition) is 1. The van der Waals surface area contributed by atoms with Crippen molar-refractivity contribution < 1.29 is 14.5 Å². The zero-order valence-corrected chi connectivity index (χ0v) is 15.8. The quantitative estimate of drug-likeness (QED) is 0.304. The Kier molecular flexibility index (Phi) is 5.40. The monoisotopic (exact) mass is 394 g/mol. The van der Waals surface area contributed by atoms with Crippen molar-refractivity contribution in [2.45, 2.75) is 13.5 Å². The molecule has 0 spiro atoms. The molecule has 0 fully saturated rings. The fraction of sp³-hybridized carbons (Fsp3) is 0.150. The summed E-state index contributed by atoms with van der Waals surface area (Å²) in [4.78, 5) is 39.6. The molecule has 0 aliphatic carbocycles. The van der Waals surface area contributed by atoms with Gasteiger partial charge in [0.05, 0.1) is 29.8 Å². The first kappa shape index (κ1) is 19.7. The lowest BCUT2D eigenvalue weighted by atomic mass is 10.0. The van der Waals surface area contributed by atoms with Crippen LogP contribution in [0.15, 0.2) is 53.5 Å². The number of pyridine rings is 2. The predicted molar refractivity (Wildman–Crippen MR) is 107 cm³/mol. The van der Waals surface area contributed by atoms with Gasteiger partial charge in [0.2, 0.25) is 0 Å². The van der Waals surface area contributed by atoms with Crippen LogP contribution in [0, 0.1) is 17.0 Å². The number of nitrogen functional groups attached to an aromatic ring is 1. The number of hydrogen-bond acceptors (Lipinski definition) is 7. The van der Waals surface area contributed by atoms with Crippen LogP contribution >= 0.6 is 0 Å². The van der Waals surface area contributed by atoms with Gasteiger partial charge >= 0.3 is 5.97 Å². The lowest BCUT2D eigenvalue weighted by molar-refractivity contribution is -0.383. The SMILES string of the molecule is COC(=O)c1cc(-c2cc(C)n(Cc3ccccn3)c(=O)c2)cc([N+](=O)[O-])c1N. The first-order valence-electron chi connectivity index (χ1n) is 8.59. The summed E-state index contributed by atoms with van der Waals surface area (Å²) in [5, 5.41) is 11.4. The fourth-order valence-electron chi connectivity index (χ4n) is 2.99. The van der Waals surface area contributed by atoms with Gasteiger partial charge in [-0.1, -0.05) is 6.07 Å². The van der Waals surface area contributed by atoms with Crippen LogP contribution in [-0.2, 0) is 11.3 Å². The van der Waals surface area contributed by atoms with E-state index in [2.05, 4.69) is 9.72 Å². The second kappa shape index (κ2) is 7.93. The Morgan fingerprint density at radius 2 is 1.97 bits per heavy atom. The van der Waals surface area contributed by atoms with E-state index in [0.717, 1.165) is 12.8 Å². The van der Waals surface area contributed by atoms with Crippen molar-refractivity contribution >= 4 is 17.3 Å². The maximum absolute atomic E-state index is 12.7. The first-order chi connectivity index (χ1) is 13.8. The number of anilines is 1. The van der Waals surface area contributed by atoms with Gasteiger partial charge in [-0.2, -0.15) is 0 Å². The van der Waals surface area contributed by atoms with Crippen LogP contribution in [0.5, 0.6) is 0 Å². The van der Waals surface area contributed by atoms with Crippen molar-refractivity contribution in [3.8, 4) is 11.1 Å². The first-order valence-corrected chi connectivity index (χ1v) is 8.59. The number of rotatable bonds is 5. The summed E-state index contributed by atoms with van der Waals surface area (Å²) in [5.74, 6) is -0.798. The average molecular weight is 394 g/mol. The van der Waals surface area contributed by atoms with Crippen LogP contribution in [0.4, 0.5) is 11.4 Å². The number of nitrogens with two attached hydrogens (primary N) is 1. The second-order valence-corrected chi connectivity index (χ2v) is 6.34. The Morgan fingerprint density at radius 1 is 1.24 bits per heavy atom. The Bertz CT molecular complexity index is 1160. The van der Waals surface area contributed by atoms with Gasteiger partial charge in [0.25, 0.3) is 11.2 Å². The summed E-state index contributed by atoms with van der Waals surface area (Å²) in [6, 6.07) is 11.1. The van der Waals surface area contributed by atoms with Crippen LogP contribution in [0.25, 0.3) is 11.1 Å². The van der Waals surface area contributed by atoms with Gasteiger partial charge in [0.1, 0.15) is 5.69 Å². The molecule has 0 saturated carbocycles. The number of ether oxygens (including phenoxy) is 1. The molecule has 148 valence electrons. The molecular weight excluding hydrogens is 376 g/mol. The summed E-state index contributed by atoms with van der Waals surface area (Å²) in [5.41, 5.74) is 6.72. The molecular formula is C20H18N4O5. The molecule has 29 heavy (non-hydrogen) atoms. The smallest absolute Gasteiger partial charge is 0.340 e. The van der Waals surface area contributed by atoms with Gasteiger partial charge in [0.15, 0.2) is 0 Å². The molecule has 0 radical (unpaired) electrons. The molecule has 0 amide bonds. The van der Waals surface area contributed by atoms with Crippen molar-refractivity contribution in [2.24, 2.45) is 0 Å². The Morgan fingerprint density at radius 3 is 2.55 bits per heavy atom. The van der Waals surface area contributed by atoms with Gasteiger partial charge in [0, 0.05) is 24.0 Å². The molecule has 9 heteroatoms. The molecule has 1 aromatic carbocycles. The third-order valence-electron chi connectivity index (χ3n) is 4.47. The predicted octanol–water partition coefficient (Wildman–Crippen LogP) is 2.54. The van der Waals surface area contributed by atoms with Crippen molar-refractivity contribution in [3.05, 3.63) is 86.1 Å². The summed E-state index contributed by atoms with van der Waals surface area (Å²) in [6.07, 6.45) is 1.64. The van der Waals surface area contributed by atoms with Crippen molar-refractivity contribution in [2.75, 3.05) is 12.8 Å². The van der Waals surface area contributed by atoms with E-state index in [1.165, 1.54) is 18.2 Å². The normalized spacial score (nSPS) is 10.6. The molecule has 0 aliphatic heterocycles. The second-order valence-electron chi connectivity index (χ2n) is 6.34. The highest BCUT2D eigenvalue weighted by atomic mass is 16.6. The van der Waals surface area contributed by atoms with Crippen molar-refractivity contribution in [1.29, 1.82) is 0 Å². The van der Waals surface area contributed by atoms with Crippen LogP contribution in [0.3, 0.4) is 0 Å². The van der Waals surface area contributed by atoms with E-state index in [-0.39, 0.29) is 16.8 Å². The number of esters is 1. The van der Waals surface area contributed by atoms with Crippen LogP contribution < -0.4 is 11.3 Å². The number of benzene rings is 1. The topological polar surface area (TPSA) is 130 Å². The number of carbonyl (C=O) groups is 1. The summed E-state index contributed by atoms with van der Waals surface area (Å²) < 4.78 is 6.20. The number of aryl methyl sites for hydroxylation is 1. The van der Waals surface area contributed by atoms with E-state index in [9.17, 15) is 19.7 Å². The lowest BCUT2D eigenvalue weighted by Gasteiger charge is -2.13. The van der Waals surface area contributed by atoms with Crippen molar-refractivity contribution in [3.63, 3.8) is 0 Å². The van der Waals surface area contributed by atoms with Crippen LogP contribution in [0.1, 0.15) is 21.7 Å². The largest absolute Gasteiger partial charge is 0.465 e. The third kappa shape index (κ3) is 3.98. The number of nitrogens with zero attached hydrogens (tertiary/aromatic N) is 3. The molecule has 0 saturated heterocycles. The van der Waals surface area contributed by atoms with Gasteiger partial charge < -0.3 is 15.0 Å². The Hall–Kier alpha value is -4.01. The van der Waals surface area contributed by atoms with E-state index in [0.29, 0.717) is 23.4 Å².